The standard InChI is InChI=1S/C18H19NO2S2/c1-12-7-8-15(9-13(12)2)21-10-14(20)11-22-18-19-16-5-3-4-6-17(16)23-18/h3-9,14,20H,10-11H2,1-2H3. The van der Waals surface area contributed by atoms with E-state index in [4.69, 9.17) is 4.74 Å². The highest BCUT2D eigenvalue weighted by Gasteiger charge is 2.10. The maximum absolute atomic E-state index is 10.1. The third kappa shape index (κ3) is 4.25. The molecule has 1 atom stereocenters. The average Bonchev–Trinajstić information content (AvgIpc) is 2.97. The van der Waals surface area contributed by atoms with Crippen molar-refractivity contribution < 1.29 is 9.84 Å². The van der Waals surface area contributed by atoms with Gasteiger partial charge in [0.25, 0.3) is 0 Å². The Hall–Kier alpha value is -1.56. The number of ether oxygens (including phenoxy) is 1. The number of thiazole rings is 1. The molecule has 120 valence electrons. The van der Waals surface area contributed by atoms with Crippen LogP contribution in [0.15, 0.2) is 46.8 Å². The number of aryl methyl sites for hydroxylation is 2. The average molecular weight is 345 g/mol. The van der Waals surface area contributed by atoms with Crippen molar-refractivity contribution in [1.82, 2.24) is 4.98 Å². The lowest BCUT2D eigenvalue weighted by molar-refractivity contribution is 0.126. The summed E-state index contributed by atoms with van der Waals surface area (Å²) in [5.74, 6) is 1.38. The van der Waals surface area contributed by atoms with Crippen molar-refractivity contribution in [3.8, 4) is 5.75 Å². The molecule has 1 heterocycles. The van der Waals surface area contributed by atoms with E-state index in [9.17, 15) is 5.11 Å². The Labute approximate surface area is 144 Å². The van der Waals surface area contributed by atoms with Gasteiger partial charge in [-0.15, -0.1) is 11.3 Å². The molecule has 0 aliphatic rings. The van der Waals surface area contributed by atoms with E-state index in [0.29, 0.717) is 12.4 Å². The minimum Gasteiger partial charge on any atom is -0.491 e. The molecule has 0 amide bonds. The fourth-order valence-corrected chi connectivity index (χ4v) is 4.12. The first kappa shape index (κ1) is 16.3. The molecule has 0 saturated carbocycles. The molecule has 0 aliphatic carbocycles. The van der Waals surface area contributed by atoms with Crippen molar-refractivity contribution in [1.29, 1.82) is 0 Å². The van der Waals surface area contributed by atoms with Crippen molar-refractivity contribution in [3.05, 3.63) is 53.6 Å². The number of aliphatic hydroxyl groups is 1. The molecule has 0 saturated heterocycles. The lowest BCUT2D eigenvalue weighted by atomic mass is 10.1. The summed E-state index contributed by atoms with van der Waals surface area (Å²) in [4.78, 5) is 4.55. The van der Waals surface area contributed by atoms with Gasteiger partial charge in [-0.25, -0.2) is 4.98 Å². The smallest absolute Gasteiger partial charge is 0.151 e. The van der Waals surface area contributed by atoms with Crippen molar-refractivity contribution in [3.63, 3.8) is 0 Å². The summed E-state index contributed by atoms with van der Waals surface area (Å²) >= 11 is 3.23. The van der Waals surface area contributed by atoms with Crippen molar-refractivity contribution in [2.75, 3.05) is 12.4 Å². The van der Waals surface area contributed by atoms with Gasteiger partial charge in [-0.05, 0) is 49.2 Å². The molecule has 0 aliphatic heterocycles. The molecule has 23 heavy (non-hydrogen) atoms. The fraction of sp³-hybridized carbons (Fsp3) is 0.278. The molecule has 0 bridgehead atoms. The summed E-state index contributed by atoms with van der Waals surface area (Å²) in [6.45, 7) is 4.42. The molecule has 2 aromatic carbocycles. The highest BCUT2D eigenvalue weighted by Crippen LogP contribution is 2.29. The number of rotatable bonds is 6. The van der Waals surface area contributed by atoms with Gasteiger partial charge in [0.2, 0.25) is 0 Å². The summed E-state index contributed by atoms with van der Waals surface area (Å²) in [7, 11) is 0. The second-order valence-corrected chi connectivity index (χ2v) is 7.77. The third-order valence-electron chi connectivity index (χ3n) is 3.59. The number of aliphatic hydroxyl groups excluding tert-OH is 1. The number of thioether (sulfide) groups is 1. The first-order valence-electron chi connectivity index (χ1n) is 7.48. The van der Waals surface area contributed by atoms with Crippen LogP contribution in [0.4, 0.5) is 0 Å². The highest BCUT2D eigenvalue weighted by atomic mass is 32.2. The van der Waals surface area contributed by atoms with Crippen LogP contribution >= 0.6 is 23.1 Å². The zero-order valence-electron chi connectivity index (χ0n) is 13.2. The monoisotopic (exact) mass is 345 g/mol. The number of para-hydroxylation sites is 1. The molecule has 0 fully saturated rings. The first-order chi connectivity index (χ1) is 11.1. The summed E-state index contributed by atoms with van der Waals surface area (Å²) in [5, 5.41) is 10.1. The second-order valence-electron chi connectivity index (χ2n) is 5.47. The van der Waals surface area contributed by atoms with E-state index in [1.54, 1.807) is 23.1 Å². The molecule has 3 rings (SSSR count). The fourth-order valence-electron chi connectivity index (χ4n) is 2.12. The summed E-state index contributed by atoms with van der Waals surface area (Å²) in [5.41, 5.74) is 3.45. The third-order valence-corrected chi connectivity index (χ3v) is 5.92. The zero-order chi connectivity index (χ0) is 16.2. The summed E-state index contributed by atoms with van der Waals surface area (Å²) in [6, 6.07) is 14.1. The van der Waals surface area contributed by atoms with Gasteiger partial charge in [0, 0.05) is 5.75 Å². The van der Waals surface area contributed by atoms with Gasteiger partial charge in [-0.3, -0.25) is 0 Å². The van der Waals surface area contributed by atoms with Crippen LogP contribution in [0.1, 0.15) is 11.1 Å². The van der Waals surface area contributed by atoms with Crippen LogP contribution in [0.2, 0.25) is 0 Å². The van der Waals surface area contributed by atoms with Gasteiger partial charge in [0.1, 0.15) is 12.4 Å². The van der Waals surface area contributed by atoms with E-state index in [-0.39, 0.29) is 0 Å². The van der Waals surface area contributed by atoms with Gasteiger partial charge >= 0.3 is 0 Å². The van der Waals surface area contributed by atoms with Gasteiger partial charge in [0.15, 0.2) is 4.34 Å². The minimum absolute atomic E-state index is 0.292. The van der Waals surface area contributed by atoms with E-state index in [1.165, 1.54) is 15.8 Å². The van der Waals surface area contributed by atoms with Gasteiger partial charge < -0.3 is 9.84 Å². The SMILES string of the molecule is Cc1ccc(OCC(O)CSc2nc3ccccc3s2)cc1C. The first-order valence-corrected chi connectivity index (χ1v) is 9.28. The van der Waals surface area contributed by atoms with Crippen LogP contribution in [-0.4, -0.2) is 28.6 Å². The van der Waals surface area contributed by atoms with E-state index in [0.717, 1.165) is 15.6 Å². The number of fused-ring (bicyclic) bond motifs is 1. The molecule has 5 heteroatoms. The Bertz CT molecular complexity index is 768. The van der Waals surface area contributed by atoms with Crippen molar-refractivity contribution in [2.24, 2.45) is 0 Å². The number of hydrogen-bond donors (Lipinski definition) is 1. The van der Waals surface area contributed by atoms with Crippen molar-refractivity contribution >= 4 is 33.3 Å². The van der Waals surface area contributed by atoms with Gasteiger partial charge in [-0.2, -0.15) is 0 Å². The van der Waals surface area contributed by atoms with Crippen LogP contribution in [0.25, 0.3) is 10.2 Å². The van der Waals surface area contributed by atoms with E-state index < -0.39 is 6.10 Å². The number of aromatic nitrogens is 1. The number of nitrogens with zero attached hydrogens (tertiary/aromatic N) is 1. The molecule has 3 nitrogen and oxygen atoms in total. The predicted molar refractivity (Wildman–Crippen MR) is 97.8 cm³/mol. The topological polar surface area (TPSA) is 42.4 Å². The molecule has 1 unspecified atom stereocenters. The molecular weight excluding hydrogens is 326 g/mol. The molecule has 0 radical (unpaired) electrons. The lowest BCUT2D eigenvalue weighted by Crippen LogP contribution is -2.20. The predicted octanol–water partition coefficient (Wildman–Crippen LogP) is 4.45. The van der Waals surface area contributed by atoms with Gasteiger partial charge in [-0.1, -0.05) is 30.0 Å². The normalized spacial score (nSPS) is 12.5. The molecule has 1 aromatic heterocycles. The Balaban J connectivity index is 1.51. The van der Waals surface area contributed by atoms with Crippen LogP contribution in [0.5, 0.6) is 5.75 Å². The van der Waals surface area contributed by atoms with E-state index in [1.807, 2.05) is 36.4 Å². The maximum atomic E-state index is 10.1. The Kier molecular flexibility index (Phi) is 5.20. The maximum Gasteiger partial charge on any atom is 0.151 e. The van der Waals surface area contributed by atoms with Crippen LogP contribution < -0.4 is 4.74 Å². The highest BCUT2D eigenvalue weighted by molar-refractivity contribution is 8.01. The number of benzene rings is 2. The molecule has 1 N–H and O–H groups in total. The van der Waals surface area contributed by atoms with Crippen LogP contribution in [0, 0.1) is 13.8 Å². The Morgan fingerprint density at radius 1 is 1.17 bits per heavy atom. The Morgan fingerprint density at radius 3 is 2.78 bits per heavy atom. The van der Waals surface area contributed by atoms with Gasteiger partial charge in [0.05, 0.1) is 16.3 Å². The van der Waals surface area contributed by atoms with E-state index in [2.05, 4.69) is 24.9 Å². The number of hydrogen-bond acceptors (Lipinski definition) is 5. The zero-order valence-corrected chi connectivity index (χ0v) is 14.8. The minimum atomic E-state index is -0.520. The second kappa shape index (κ2) is 7.34. The molecule has 3 aromatic rings. The largest absolute Gasteiger partial charge is 0.491 e. The van der Waals surface area contributed by atoms with Crippen LogP contribution in [0.3, 0.4) is 0 Å². The quantitative estimate of drug-likeness (QED) is 0.671. The lowest BCUT2D eigenvalue weighted by Gasteiger charge is -2.12. The van der Waals surface area contributed by atoms with Crippen LogP contribution in [-0.2, 0) is 0 Å². The van der Waals surface area contributed by atoms with Crippen molar-refractivity contribution in [2.45, 2.75) is 24.3 Å². The Morgan fingerprint density at radius 2 is 2.00 bits per heavy atom. The molecular formula is C18H19NO2S2. The summed E-state index contributed by atoms with van der Waals surface area (Å²) in [6.07, 6.45) is -0.520. The molecule has 0 spiro atoms. The van der Waals surface area contributed by atoms with E-state index >= 15 is 0 Å². The summed E-state index contributed by atoms with van der Waals surface area (Å²) < 4.78 is 7.83.